The second-order valence-corrected chi connectivity index (χ2v) is 5.64. The van der Waals surface area contributed by atoms with Gasteiger partial charge in [-0.25, -0.2) is 0 Å². The Bertz CT molecular complexity index is 407. The largest absolute Gasteiger partial charge is 0.497 e. The Balaban J connectivity index is 2.70. The fourth-order valence-electron chi connectivity index (χ4n) is 1.59. The summed E-state index contributed by atoms with van der Waals surface area (Å²) in [5.74, 6) is 1.08. The predicted molar refractivity (Wildman–Crippen MR) is 77.1 cm³/mol. The molecule has 0 aliphatic carbocycles. The normalized spacial score (nSPS) is 14.1. The number of alkyl halides is 1. The van der Waals surface area contributed by atoms with Crippen molar-refractivity contribution in [1.29, 1.82) is 0 Å². The predicted octanol–water partition coefficient (Wildman–Crippen LogP) is 3.29. The van der Waals surface area contributed by atoms with Crippen LogP contribution in [0.3, 0.4) is 0 Å². The zero-order valence-corrected chi connectivity index (χ0v) is 12.8. The minimum absolute atomic E-state index is 0.0142. The van der Waals surface area contributed by atoms with Gasteiger partial charge in [0.1, 0.15) is 5.75 Å². The molecule has 0 spiro atoms. The van der Waals surface area contributed by atoms with E-state index in [1.54, 1.807) is 7.11 Å². The lowest BCUT2D eigenvalue weighted by molar-refractivity contribution is -0.121. The van der Waals surface area contributed by atoms with Gasteiger partial charge in [0.2, 0.25) is 5.91 Å². The van der Waals surface area contributed by atoms with E-state index in [9.17, 15) is 4.79 Å². The van der Waals surface area contributed by atoms with Crippen molar-refractivity contribution in [2.75, 3.05) is 7.11 Å². The summed E-state index contributed by atoms with van der Waals surface area (Å²) >= 11 is 3.40. The van der Waals surface area contributed by atoms with Crippen molar-refractivity contribution in [3.05, 3.63) is 29.8 Å². The van der Waals surface area contributed by atoms with Crippen molar-refractivity contribution in [3.63, 3.8) is 0 Å². The molecule has 0 fully saturated rings. The second-order valence-electron chi connectivity index (χ2n) is 4.65. The standard InChI is InChI=1S/C14H20BrNO2/c1-9(2)13(15)14(17)16-10(3)11-6-5-7-12(8-11)18-4/h5-10,13H,1-4H3,(H,16,17)/t10-,13?/m1/s1. The molecule has 4 heteroatoms. The van der Waals surface area contributed by atoms with E-state index >= 15 is 0 Å². The van der Waals surface area contributed by atoms with Crippen molar-refractivity contribution in [2.45, 2.75) is 31.6 Å². The molecule has 2 atom stereocenters. The number of amides is 1. The molecule has 1 amide bonds. The van der Waals surface area contributed by atoms with Crippen molar-refractivity contribution in [1.82, 2.24) is 5.32 Å². The molecule has 0 aliphatic heterocycles. The number of carbonyl (C=O) groups is 1. The van der Waals surface area contributed by atoms with E-state index in [2.05, 4.69) is 21.2 Å². The summed E-state index contributed by atoms with van der Waals surface area (Å²) in [6.07, 6.45) is 0. The third kappa shape index (κ3) is 4.02. The number of carbonyl (C=O) groups excluding carboxylic acids is 1. The molecule has 0 bridgehead atoms. The highest BCUT2D eigenvalue weighted by molar-refractivity contribution is 9.10. The highest BCUT2D eigenvalue weighted by Gasteiger charge is 2.20. The number of hydrogen-bond donors (Lipinski definition) is 1. The van der Waals surface area contributed by atoms with Gasteiger partial charge in [0.15, 0.2) is 0 Å². The molecule has 0 heterocycles. The van der Waals surface area contributed by atoms with E-state index in [0.29, 0.717) is 0 Å². The lowest BCUT2D eigenvalue weighted by Crippen LogP contribution is -2.35. The van der Waals surface area contributed by atoms with Gasteiger partial charge in [-0.3, -0.25) is 4.79 Å². The zero-order valence-electron chi connectivity index (χ0n) is 11.2. The molecule has 18 heavy (non-hydrogen) atoms. The number of rotatable bonds is 5. The minimum atomic E-state index is -0.162. The van der Waals surface area contributed by atoms with Gasteiger partial charge < -0.3 is 10.1 Å². The van der Waals surface area contributed by atoms with Crippen LogP contribution in [-0.2, 0) is 4.79 Å². The van der Waals surface area contributed by atoms with Crippen LogP contribution < -0.4 is 10.1 Å². The summed E-state index contributed by atoms with van der Waals surface area (Å²) in [6.45, 7) is 5.98. The molecule has 0 saturated heterocycles. The van der Waals surface area contributed by atoms with Crippen LogP contribution in [0.1, 0.15) is 32.4 Å². The molecule has 100 valence electrons. The fraction of sp³-hybridized carbons (Fsp3) is 0.500. The van der Waals surface area contributed by atoms with Crippen molar-refractivity contribution < 1.29 is 9.53 Å². The van der Waals surface area contributed by atoms with Gasteiger partial charge in [0.05, 0.1) is 18.0 Å². The molecule has 0 saturated carbocycles. The maximum atomic E-state index is 11.9. The van der Waals surface area contributed by atoms with Gasteiger partial charge in [0, 0.05) is 0 Å². The van der Waals surface area contributed by atoms with E-state index in [0.717, 1.165) is 11.3 Å². The van der Waals surface area contributed by atoms with Crippen LogP contribution in [-0.4, -0.2) is 17.8 Å². The van der Waals surface area contributed by atoms with Crippen LogP contribution in [0.25, 0.3) is 0 Å². The van der Waals surface area contributed by atoms with Gasteiger partial charge in [0.25, 0.3) is 0 Å². The highest BCUT2D eigenvalue weighted by Crippen LogP contribution is 2.20. The summed E-state index contributed by atoms with van der Waals surface area (Å²) in [4.78, 5) is 11.8. The second kappa shape index (κ2) is 6.78. The third-order valence-electron chi connectivity index (χ3n) is 2.79. The van der Waals surface area contributed by atoms with Gasteiger partial charge in [-0.2, -0.15) is 0 Å². The van der Waals surface area contributed by atoms with Crippen LogP contribution in [0, 0.1) is 5.92 Å². The lowest BCUT2D eigenvalue weighted by Gasteiger charge is -2.19. The highest BCUT2D eigenvalue weighted by atomic mass is 79.9. The van der Waals surface area contributed by atoms with Crippen molar-refractivity contribution >= 4 is 21.8 Å². The number of hydrogen-bond acceptors (Lipinski definition) is 2. The maximum absolute atomic E-state index is 11.9. The maximum Gasteiger partial charge on any atom is 0.234 e. The molecule has 0 aliphatic rings. The summed E-state index contributed by atoms with van der Waals surface area (Å²) in [7, 11) is 1.63. The Morgan fingerprint density at radius 1 is 1.33 bits per heavy atom. The van der Waals surface area contributed by atoms with E-state index in [4.69, 9.17) is 4.74 Å². The SMILES string of the molecule is COc1cccc([C@@H](C)NC(=O)C(Br)C(C)C)c1. The minimum Gasteiger partial charge on any atom is -0.497 e. The monoisotopic (exact) mass is 313 g/mol. The van der Waals surface area contributed by atoms with Crippen LogP contribution in [0.5, 0.6) is 5.75 Å². The molecule has 1 unspecified atom stereocenters. The van der Waals surface area contributed by atoms with Gasteiger partial charge in [-0.1, -0.05) is 41.9 Å². The Morgan fingerprint density at radius 3 is 2.56 bits per heavy atom. The Labute approximate surface area is 117 Å². The number of benzene rings is 1. The summed E-state index contributed by atoms with van der Waals surface area (Å²) in [5, 5.41) is 2.99. The van der Waals surface area contributed by atoms with Gasteiger partial charge in [-0.15, -0.1) is 0 Å². The van der Waals surface area contributed by atoms with Crippen molar-refractivity contribution in [3.8, 4) is 5.75 Å². The Hall–Kier alpha value is -1.03. The number of ether oxygens (including phenoxy) is 1. The first-order valence-corrected chi connectivity index (χ1v) is 6.95. The summed E-state index contributed by atoms with van der Waals surface area (Å²) in [6, 6.07) is 7.69. The molecule has 1 N–H and O–H groups in total. The lowest BCUT2D eigenvalue weighted by atomic mass is 10.1. The molecular weight excluding hydrogens is 294 g/mol. The quantitative estimate of drug-likeness (QED) is 0.847. The first-order valence-electron chi connectivity index (χ1n) is 6.04. The van der Waals surface area contributed by atoms with Gasteiger partial charge >= 0.3 is 0 Å². The average molecular weight is 314 g/mol. The van der Waals surface area contributed by atoms with Crippen molar-refractivity contribution in [2.24, 2.45) is 5.92 Å². The summed E-state index contributed by atoms with van der Waals surface area (Å²) in [5.41, 5.74) is 1.03. The molecule has 1 aromatic carbocycles. The number of nitrogens with one attached hydrogen (secondary N) is 1. The van der Waals surface area contributed by atoms with Gasteiger partial charge in [-0.05, 0) is 30.5 Å². The molecule has 1 rings (SSSR count). The molecule has 1 aromatic rings. The van der Waals surface area contributed by atoms with Crippen LogP contribution in [0.2, 0.25) is 0 Å². The first kappa shape index (κ1) is 15.0. The molecule has 3 nitrogen and oxygen atoms in total. The first-order chi connectivity index (χ1) is 8.45. The molecular formula is C14H20BrNO2. The Morgan fingerprint density at radius 2 is 2.00 bits per heavy atom. The van der Waals surface area contributed by atoms with Crippen LogP contribution in [0.4, 0.5) is 0 Å². The van der Waals surface area contributed by atoms with E-state index in [-0.39, 0.29) is 22.7 Å². The van der Waals surface area contributed by atoms with E-state index in [1.807, 2.05) is 45.0 Å². The third-order valence-corrected chi connectivity index (χ3v) is 4.26. The average Bonchev–Trinajstić information content (AvgIpc) is 2.37. The van der Waals surface area contributed by atoms with E-state index < -0.39 is 0 Å². The zero-order chi connectivity index (χ0) is 13.7. The molecule has 0 radical (unpaired) electrons. The smallest absolute Gasteiger partial charge is 0.234 e. The Kier molecular flexibility index (Phi) is 5.66. The van der Waals surface area contributed by atoms with Crippen LogP contribution in [0.15, 0.2) is 24.3 Å². The fourth-order valence-corrected chi connectivity index (χ4v) is 1.72. The summed E-state index contributed by atoms with van der Waals surface area (Å²) < 4.78 is 5.17. The topological polar surface area (TPSA) is 38.3 Å². The number of halogens is 1. The van der Waals surface area contributed by atoms with Crippen LogP contribution >= 0.6 is 15.9 Å². The van der Waals surface area contributed by atoms with E-state index in [1.165, 1.54) is 0 Å². The molecule has 0 aromatic heterocycles. The number of methoxy groups -OCH3 is 1.